The second-order valence-electron chi connectivity index (χ2n) is 6.35. The van der Waals surface area contributed by atoms with E-state index < -0.39 is 0 Å². The summed E-state index contributed by atoms with van der Waals surface area (Å²) in [5, 5.41) is 10.5. The molecule has 2 aromatic carbocycles. The number of likely N-dealkylation sites (N-methyl/N-ethyl adjacent to an activating group) is 1. The van der Waals surface area contributed by atoms with Crippen molar-refractivity contribution in [3.05, 3.63) is 63.6 Å². The normalized spacial score (nSPS) is 11.8. The number of halogens is 3. The Bertz CT molecular complexity index is 865. The number of aliphatic imine (C=N–C) groups is 1. The lowest BCUT2D eigenvalue weighted by Gasteiger charge is -2.19. The fraction of sp³-hybridized carbons (Fsp3) is 0.333. The van der Waals surface area contributed by atoms with Crippen LogP contribution in [-0.2, 0) is 11.3 Å². The van der Waals surface area contributed by atoms with Gasteiger partial charge in [-0.15, -0.1) is 24.0 Å². The minimum absolute atomic E-state index is 0. The van der Waals surface area contributed by atoms with Crippen molar-refractivity contribution in [3.8, 4) is 5.75 Å². The van der Waals surface area contributed by atoms with Crippen LogP contribution in [0.2, 0.25) is 10.0 Å². The standard InChI is InChI=1S/C21H26Cl2N4O2.HI/c1-4-25-20(28)13-29-17-7-5-6-15(10-17)12-26-21(24-3)27-14(2)18-9-8-16(22)11-19(18)23;/h5-11,14H,4,12-13H2,1-3H3,(H,25,28)(H2,24,26,27);1H. The van der Waals surface area contributed by atoms with Gasteiger partial charge in [0.25, 0.3) is 5.91 Å². The number of hydrogen-bond acceptors (Lipinski definition) is 3. The molecule has 0 saturated heterocycles. The zero-order chi connectivity index (χ0) is 21.2. The van der Waals surface area contributed by atoms with Crippen LogP contribution in [0, 0.1) is 0 Å². The summed E-state index contributed by atoms with van der Waals surface area (Å²) in [6, 6.07) is 12.9. The van der Waals surface area contributed by atoms with E-state index in [4.69, 9.17) is 27.9 Å². The van der Waals surface area contributed by atoms with Gasteiger partial charge in [0.05, 0.1) is 6.04 Å². The molecule has 0 aliphatic heterocycles. The van der Waals surface area contributed by atoms with E-state index in [-0.39, 0.29) is 42.5 Å². The van der Waals surface area contributed by atoms with Crippen LogP contribution in [0.3, 0.4) is 0 Å². The maximum atomic E-state index is 11.5. The van der Waals surface area contributed by atoms with Crippen LogP contribution >= 0.6 is 47.2 Å². The summed E-state index contributed by atoms with van der Waals surface area (Å²) >= 11 is 12.3. The largest absolute Gasteiger partial charge is 0.484 e. The first kappa shape index (κ1) is 26.3. The molecule has 0 bridgehead atoms. The highest BCUT2D eigenvalue weighted by Gasteiger charge is 2.12. The molecular weight excluding hydrogens is 538 g/mol. The van der Waals surface area contributed by atoms with Gasteiger partial charge >= 0.3 is 0 Å². The Morgan fingerprint density at radius 3 is 2.60 bits per heavy atom. The SMILES string of the molecule is CCNC(=O)COc1cccc(CNC(=NC)NC(C)c2ccc(Cl)cc2Cl)c1.I. The molecule has 1 amide bonds. The molecule has 0 saturated carbocycles. The molecule has 0 heterocycles. The maximum absolute atomic E-state index is 11.5. The molecule has 164 valence electrons. The topological polar surface area (TPSA) is 74.8 Å². The highest BCUT2D eigenvalue weighted by atomic mass is 127. The number of benzene rings is 2. The van der Waals surface area contributed by atoms with Gasteiger partial charge in [0, 0.05) is 30.2 Å². The highest BCUT2D eigenvalue weighted by Crippen LogP contribution is 2.26. The van der Waals surface area contributed by atoms with Gasteiger partial charge in [-0.3, -0.25) is 9.79 Å². The quantitative estimate of drug-likeness (QED) is 0.250. The lowest BCUT2D eigenvalue weighted by Crippen LogP contribution is -2.38. The van der Waals surface area contributed by atoms with Crippen LogP contribution in [-0.4, -0.2) is 32.1 Å². The average molecular weight is 565 g/mol. The number of rotatable bonds is 8. The predicted molar refractivity (Wildman–Crippen MR) is 134 cm³/mol. The smallest absolute Gasteiger partial charge is 0.257 e. The molecule has 2 rings (SSSR count). The van der Waals surface area contributed by atoms with Crippen LogP contribution in [0.15, 0.2) is 47.5 Å². The van der Waals surface area contributed by atoms with E-state index in [0.29, 0.717) is 34.8 Å². The third-order valence-corrected chi connectivity index (χ3v) is 4.67. The number of carbonyl (C=O) groups is 1. The summed E-state index contributed by atoms with van der Waals surface area (Å²) in [7, 11) is 1.71. The highest BCUT2D eigenvalue weighted by molar-refractivity contribution is 14.0. The zero-order valence-corrected chi connectivity index (χ0v) is 21.0. The monoisotopic (exact) mass is 564 g/mol. The van der Waals surface area contributed by atoms with Gasteiger partial charge in [-0.2, -0.15) is 0 Å². The lowest BCUT2D eigenvalue weighted by molar-refractivity contribution is -0.122. The van der Waals surface area contributed by atoms with Crippen LogP contribution in [0.25, 0.3) is 0 Å². The third-order valence-electron chi connectivity index (χ3n) is 4.11. The molecule has 0 aromatic heterocycles. The Balaban J connectivity index is 0.00000450. The van der Waals surface area contributed by atoms with Crippen molar-refractivity contribution in [2.24, 2.45) is 4.99 Å². The van der Waals surface area contributed by atoms with Crippen LogP contribution in [0.4, 0.5) is 0 Å². The Morgan fingerprint density at radius 2 is 1.93 bits per heavy atom. The van der Waals surface area contributed by atoms with Crippen LogP contribution in [0.1, 0.15) is 31.0 Å². The molecule has 30 heavy (non-hydrogen) atoms. The summed E-state index contributed by atoms with van der Waals surface area (Å²) in [5.41, 5.74) is 1.93. The Morgan fingerprint density at radius 1 is 1.17 bits per heavy atom. The molecule has 1 unspecified atom stereocenters. The number of amides is 1. The molecule has 0 fully saturated rings. The third kappa shape index (κ3) is 8.57. The molecule has 2 aromatic rings. The lowest BCUT2D eigenvalue weighted by atomic mass is 10.1. The van der Waals surface area contributed by atoms with Gasteiger partial charge in [-0.1, -0.05) is 41.4 Å². The Kier molecular flexibility index (Phi) is 11.9. The van der Waals surface area contributed by atoms with Crippen molar-refractivity contribution in [1.82, 2.24) is 16.0 Å². The molecule has 0 aliphatic carbocycles. The number of carbonyl (C=O) groups excluding carboxylic acids is 1. The van der Waals surface area contributed by atoms with Crippen molar-refractivity contribution >= 4 is 59.0 Å². The van der Waals surface area contributed by atoms with E-state index in [9.17, 15) is 4.79 Å². The Labute approximate surface area is 204 Å². The zero-order valence-electron chi connectivity index (χ0n) is 17.2. The molecule has 0 radical (unpaired) electrons. The molecule has 0 spiro atoms. The molecular formula is C21H27Cl2IN4O2. The maximum Gasteiger partial charge on any atom is 0.257 e. The first-order chi connectivity index (χ1) is 13.9. The Hall–Kier alpha value is -1.71. The molecule has 3 N–H and O–H groups in total. The van der Waals surface area contributed by atoms with Crippen molar-refractivity contribution in [3.63, 3.8) is 0 Å². The first-order valence-corrected chi connectivity index (χ1v) is 10.1. The molecule has 9 heteroatoms. The van der Waals surface area contributed by atoms with E-state index in [1.807, 2.05) is 50.2 Å². The van der Waals surface area contributed by atoms with E-state index in [0.717, 1.165) is 11.1 Å². The number of nitrogens with one attached hydrogen (secondary N) is 3. The number of nitrogens with zero attached hydrogens (tertiary/aromatic N) is 1. The summed E-state index contributed by atoms with van der Waals surface area (Å²) in [6.07, 6.45) is 0. The van der Waals surface area contributed by atoms with Crippen molar-refractivity contribution < 1.29 is 9.53 Å². The van der Waals surface area contributed by atoms with Gasteiger partial charge in [0.2, 0.25) is 0 Å². The minimum atomic E-state index is -0.143. The fourth-order valence-electron chi connectivity index (χ4n) is 2.66. The summed E-state index contributed by atoms with van der Waals surface area (Å²) in [6.45, 7) is 4.98. The van der Waals surface area contributed by atoms with Gasteiger partial charge in [0.15, 0.2) is 12.6 Å². The molecule has 6 nitrogen and oxygen atoms in total. The number of ether oxygens (including phenoxy) is 1. The van der Waals surface area contributed by atoms with Crippen molar-refractivity contribution in [1.29, 1.82) is 0 Å². The van der Waals surface area contributed by atoms with Gasteiger partial charge < -0.3 is 20.7 Å². The second kappa shape index (κ2) is 13.6. The van der Waals surface area contributed by atoms with E-state index >= 15 is 0 Å². The van der Waals surface area contributed by atoms with E-state index in [1.165, 1.54) is 0 Å². The number of guanidine groups is 1. The first-order valence-electron chi connectivity index (χ1n) is 9.33. The summed E-state index contributed by atoms with van der Waals surface area (Å²) < 4.78 is 5.53. The van der Waals surface area contributed by atoms with Gasteiger partial charge in [0.1, 0.15) is 5.75 Å². The van der Waals surface area contributed by atoms with Crippen LogP contribution in [0.5, 0.6) is 5.75 Å². The van der Waals surface area contributed by atoms with E-state index in [2.05, 4.69) is 20.9 Å². The van der Waals surface area contributed by atoms with Crippen LogP contribution < -0.4 is 20.7 Å². The van der Waals surface area contributed by atoms with E-state index in [1.54, 1.807) is 13.1 Å². The van der Waals surface area contributed by atoms with Gasteiger partial charge in [-0.05, 0) is 49.2 Å². The number of hydrogen-bond donors (Lipinski definition) is 3. The fourth-order valence-corrected chi connectivity index (χ4v) is 3.23. The summed E-state index contributed by atoms with van der Waals surface area (Å²) in [4.78, 5) is 15.8. The average Bonchev–Trinajstić information content (AvgIpc) is 2.70. The van der Waals surface area contributed by atoms with Gasteiger partial charge in [-0.25, -0.2) is 0 Å². The van der Waals surface area contributed by atoms with Crippen molar-refractivity contribution in [2.75, 3.05) is 20.2 Å². The second-order valence-corrected chi connectivity index (χ2v) is 7.19. The molecule has 1 atom stereocenters. The minimum Gasteiger partial charge on any atom is -0.484 e. The molecule has 0 aliphatic rings. The summed E-state index contributed by atoms with van der Waals surface area (Å²) in [5.74, 6) is 1.13. The predicted octanol–water partition coefficient (Wildman–Crippen LogP) is 4.55. The van der Waals surface area contributed by atoms with Crippen molar-refractivity contribution in [2.45, 2.75) is 26.4 Å².